The molecule has 220 valence electrons. The Balaban J connectivity index is 1.35. The molecule has 44 heavy (non-hydrogen) atoms. The van der Waals surface area contributed by atoms with Gasteiger partial charge in [-0.15, -0.1) is 0 Å². The first-order valence-corrected chi connectivity index (χ1v) is 16.0. The molecule has 5 heteroatoms. The highest BCUT2D eigenvalue weighted by Gasteiger charge is 2.44. The van der Waals surface area contributed by atoms with E-state index >= 15 is 4.79 Å². The van der Waals surface area contributed by atoms with Gasteiger partial charge in [0.1, 0.15) is 0 Å². The van der Waals surface area contributed by atoms with Gasteiger partial charge in [-0.3, -0.25) is 4.79 Å². The van der Waals surface area contributed by atoms with Crippen LogP contribution in [-0.2, 0) is 4.79 Å². The van der Waals surface area contributed by atoms with E-state index in [1.807, 2.05) is 0 Å². The molecule has 0 saturated heterocycles. The van der Waals surface area contributed by atoms with Crippen LogP contribution in [0.5, 0.6) is 0 Å². The number of Topliss-reactive ketones (excluding diaryl/α,β-unsaturated/α-hetero) is 1. The van der Waals surface area contributed by atoms with E-state index in [0.29, 0.717) is 12.1 Å². The van der Waals surface area contributed by atoms with Gasteiger partial charge in [0.2, 0.25) is 0 Å². The maximum atomic E-state index is 15.9. The largest absolute Gasteiger partial charge is 0.361 e. The highest BCUT2D eigenvalue weighted by atomic mass is 16.1. The fourth-order valence-corrected chi connectivity index (χ4v) is 6.99. The minimum atomic E-state index is -0.417. The molecule has 2 saturated carbocycles. The first kappa shape index (κ1) is 27.1. The number of rotatable bonds is 12. The summed E-state index contributed by atoms with van der Waals surface area (Å²) in [6, 6.07) is 38.4. The van der Waals surface area contributed by atoms with Crippen LogP contribution in [0.4, 0.5) is 0 Å². The van der Waals surface area contributed by atoms with E-state index in [1.165, 1.54) is 0 Å². The molecule has 0 aliphatic heterocycles. The third-order valence-electron chi connectivity index (χ3n) is 9.49. The Hall–Kier alpha value is -4.45. The number of para-hydroxylation sites is 2. The third-order valence-corrected chi connectivity index (χ3v) is 9.49. The zero-order valence-corrected chi connectivity index (χ0v) is 24.7. The second-order valence-corrected chi connectivity index (χ2v) is 12.6. The molecule has 2 aliphatic carbocycles. The number of carbonyl (C=O) groups excluding carboxylic acids is 1. The van der Waals surface area contributed by atoms with Crippen molar-refractivity contribution in [2.24, 2.45) is 0 Å². The van der Waals surface area contributed by atoms with E-state index in [4.69, 9.17) is 0 Å². The molecule has 0 amide bonds. The molecule has 4 N–H and O–H groups in total. The topological polar surface area (TPSA) is 72.7 Å². The summed E-state index contributed by atoms with van der Waals surface area (Å²) in [5, 5.41) is 10.1. The van der Waals surface area contributed by atoms with Crippen LogP contribution in [0.25, 0.3) is 21.8 Å². The summed E-state index contributed by atoms with van der Waals surface area (Å²) < 4.78 is 0. The number of aromatic nitrogens is 2. The first-order chi connectivity index (χ1) is 21.7. The SMILES string of the molecule is O=C(C(c1c[nH]c2ccccc12)C(NC1CC1)c1ccccc1)C(c1c[nH]c2ccccc12)C(NC1CC1)c1ccccc1. The highest BCUT2D eigenvalue weighted by molar-refractivity contribution is 6.00. The molecule has 6 aromatic rings. The van der Waals surface area contributed by atoms with E-state index in [0.717, 1.165) is 69.7 Å². The van der Waals surface area contributed by atoms with Crippen molar-refractivity contribution >= 4 is 27.6 Å². The van der Waals surface area contributed by atoms with E-state index in [2.05, 4.69) is 142 Å². The van der Waals surface area contributed by atoms with Gasteiger partial charge in [0.05, 0.1) is 11.8 Å². The van der Waals surface area contributed by atoms with Crippen molar-refractivity contribution in [3.05, 3.63) is 144 Å². The van der Waals surface area contributed by atoms with Crippen molar-refractivity contribution in [3.63, 3.8) is 0 Å². The minimum Gasteiger partial charge on any atom is -0.361 e. The second-order valence-electron chi connectivity index (χ2n) is 12.6. The molecule has 4 unspecified atom stereocenters. The lowest BCUT2D eigenvalue weighted by Crippen LogP contribution is -2.39. The lowest BCUT2D eigenvalue weighted by molar-refractivity contribution is -0.123. The Morgan fingerprint density at radius 2 is 0.932 bits per heavy atom. The fraction of sp³-hybridized carbons (Fsp3) is 0.256. The summed E-state index contributed by atoms with van der Waals surface area (Å²) in [6.07, 6.45) is 8.71. The highest BCUT2D eigenvalue weighted by Crippen LogP contribution is 2.46. The summed E-state index contributed by atoms with van der Waals surface area (Å²) in [5.41, 5.74) is 6.50. The molecule has 4 atom stereocenters. The van der Waals surface area contributed by atoms with Crippen LogP contribution in [0.2, 0.25) is 0 Å². The lowest BCUT2D eigenvalue weighted by Gasteiger charge is -2.35. The van der Waals surface area contributed by atoms with Gasteiger partial charge in [0.25, 0.3) is 0 Å². The Morgan fingerprint density at radius 1 is 0.545 bits per heavy atom. The van der Waals surface area contributed by atoms with Gasteiger partial charge in [-0.05, 0) is 60.1 Å². The van der Waals surface area contributed by atoms with Crippen molar-refractivity contribution in [2.75, 3.05) is 0 Å². The van der Waals surface area contributed by atoms with Crippen LogP contribution in [-0.4, -0.2) is 27.8 Å². The molecule has 2 heterocycles. The van der Waals surface area contributed by atoms with Gasteiger partial charge in [-0.25, -0.2) is 0 Å². The smallest absolute Gasteiger partial charge is 0.151 e. The van der Waals surface area contributed by atoms with E-state index in [1.54, 1.807) is 0 Å². The zero-order chi connectivity index (χ0) is 29.5. The number of carbonyl (C=O) groups is 1. The average molecular weight is 579 g/mol. The van der Waals surface area contributed by atoms with E-state index < -0.39 is 11.8 Å². The van der Waals surface area contributed by atoms with Gasteiger partial charge in [-0.1, -0.05) is 97.1 Å². The van der Waals surface area contributed by atoms with Crippen molar-refractivity contribution in [2.45, 2.75) is 61.7 Å². The van der Waals surface area contributed by atoms with E-state index in [-0.39, 0.29) is 17.9 Å². The van der Waals surface area contributed by atoms with Crippen molar-refractivity contribution in [1.29, 1.82) is 0 Å². The van der Waals surface area contributed by atoms with Crippen molar-refractivity contribution in [3.8, 4) is 0 Å². The number of nitrogens with one attached hydrogen (secondary N) is 4. The predicted octanol–water partition coefficient (Wildman–Crippen LogP) is 8.07. The van der Waals surface area contributed by atoms with Crippen LogP contribution in [0.3, 0.4) is 0 Å². The minimum absolute atomic E-state index is 0.166. The summed E-state index contributed by atoms with van der Waals surface area (Å²) >= 11 is 0. The number of fused-ring (bicyclic) bond motifs is 2. The van der Waals surface area contributed by atoms with Crippen molar-refractivity contribution in [1.82, 2.24) is 20.6 Å². The van der Waals surface area contributed by atoms with Gasteiger partial charge in [-0.2, -0.15) is 0 Å². The monoisotopic (exact) mass is 578 g/mol. The maximum absolute atomic E-state index is 15.9. The van der Waals surface area contributed by atoms with Gasteiger partial charge in [0.15, 0.2) is 5.78 Å². The number of aromatic amines is 2. The summed E-state index contributed by atoms with van der Waals surface area (Å²) in [4.78, 5) is 22.9. The zero-order valence-electron chi connectivity index (χ0n) is 24.7. The van der Waals surface area contributed by atoms with Crippen LogP contribution in [0.15, 0.2) is 122 Å². The standard InChI is InChI=1S/C39H38N4O/c44-39(35(31-23-40-33-17-9-7-15-29(31)33)37(42-27-19-20-27)25-11-3-1-4-12-25)36(32-24-41-34-18-10-8-16-30(32)34)38(43-28-21-22-28)26-13-5-2-6-14-26/h1-18,23-24,27-28,35-38,40-43H,19-22H2. The van der Waals surface area contributed by atoms with Gasteiger partial charge >= 0.3 is 0 Å². The normalized spacial score (nSPS) is 17.8. The molecule has 5 nitrogen and oxygen atoms in total. The van der Waals surface area contributed by atoms with Gasteiger partial charge < -0.3 is 20.6 Å². The molecule has 8 rings (SSSR count). The number of ketones is 1. The molecule has 2 aliphatic rings. The Bertz CT molecular complexity index is 1750. The van der Waals surface area contributed by atoms with Crippen LogP contribution < -0.4 is 10.6 Å². The summed E-state index contributed by atoms with van der Waals surface area (Å²) in [6.45, 7) is 0. The number of hydrogen-bond donors (Lipinski definition) is 4. The molecule has 4 aromatic carbocycles. The summed E-state index contributed by atoms with van der Waals surface area (Å²) in [5.74, 6) is -0.608. The molecule has 2 aromatic heterocycles. The fourth-order valence-electron chi connectivity index (χ4n) is 6.99. The molecular formula is C39H38N4O. The number of benzene rings is 4. The molecule has 2 fully saturated rings. The van der Waals surface area contributed by atoms with Crippen LogP contribution in [0.1, 0.15) is 71.9 Å². The van der Waals surface area contributed by atoms with Gasteiger partial charge in [0, 0.05) is 58.4 Å². The Labute approximate surface area is 258 Å². The first-order valence-electron chi connectivity index (χ1n) is 16.0. The quantitative estimate of drug-likeness (QED) is 0.119. The second kappa shape index (κ2) is 11.6. The summed E-state index contributed by atoms with van der Waals surface area (Å²) in [7, 11) is 0. The third kappa shape index (κ3) is 5.27. The number of H-pyrrole nitrogens is 2. The van der Waals surface area contributed by atoms with Crippen molar-refractivity contribution < 1.29 is 4.79 Å². The van der Waals surface area contributed by atoms with Crippen LogP contribution >= 0.6 is 0 Å². The lowest BCUT2D eigenvalue weighted by atomic mass is 9.73. The molecule has 0 radical (unpaired) electrons. The predicted molar refractivity (Wildman–Crippen MR) is 178 cm³/mol. The Morgan fingerprint density at radius 3 is 1.34 bits per heavy atom. The van der Waals surface area contributed by atoms with E-state index in [9.17, 15) is 0 Å². The maximum Gasteiger partial charge on any atom is 0.151 e. The van der Waals surface area contributed by atoms with Crippen LogP contribution in [0, 0.1) is 0 Å². The average Bonchev–Trinajstić information content (AvgIpc) is 4.00. The molecule has 0 spiro atoms. The molecular weight excluding hydrogens is 540 g/mol. The number of hydrogen-bond acceptors (Lipinski definition) is 3. The molecule has 0 bridgehead atoms. The Kier molecular flexibility index (Phi) is 7.13.